The van der Waals surface area contributed by atoms with E-state index in [0.717, 1.165) is 6.29 Å². The van der Waals surface area contributed by atoms with Crippen molar-refractivity contribution >= 4 is 28.9 Å². The number of hydrogen-bond donors (Lipinski definition) is 0. The van der Waals surface area contributed by atoms with Gasteiger partial charge in [-0.05, 0) is 37.8 Å². The van der Waals surface area contributed by atoms with E-state index in [0.29, 0.717) is 19.4 Å². The third kappa shape index (κ3) is 4.77. The van der Waals surface area contributed by atoms with Crippen molar-refractivity contribution in [3.05, 3.63) is 0 Å². The zero-order chi connectivity index (χ0) is 23.2. The van der Waals surface area contributed by atoms with Crippen LogP contribution in [0.1, 0.15) is 47.0 Å². The highest BCUT2D eigenvalue weighted by atomic mass is 28.4. The van der Waals surface area contributed by atoms with Crippen molar-refractivity contribution in [2.45, 2.75) is 103 Å². The molecule has 0 amide bonds. The first-order valence-corrected chi connectivity index (χ1v) is 17.3. The lowest BCUT2D eigenvalue weighted by atomic mass is 9.54. The fourth-order valence-electron chi connectivity index (χ4n) is 4.76. The van der Waals surface area contributed by atoms with Gasteiger partial charge in [-0.2, -0.15) is 0 Å². The number of carbonyl (C=O) groups excluding carboxylic acids is 2. The van der Waals surface area contributed by atoms with Crippen LogP contribution in [0.15, 0.2) is 0 Å². The maximum atomic E-state index is 12.5. The van der Waals surface area contributed by atoms with Gasteiger partial charge in [-0.15, -0.1) is 0 Å². The first-order valence-electron chi connectivity index (χ1n) is 11.0. The van der Waals surface area contributed by atoms with Crippen molar-refractivity contribution in [3.8, 4) is 0 Å². The van der Waals surface area contributed by atoms with E-state index in [-0.39, 0.29) is 35.6 Å². The van der Waals surface area contributed by atoms with E-state index in [1.165, 1.54) is 7.11 Å². The molecular weight excluding hydrogens is 416 g/mol. The zero-order valence-corrected chi connectivity index (χ0v) is 22.6. The SMILES string of the molecule is COC(=O)C[C@H]1[C@](C)(CC=O)[C@@H](O[Si](C)(C)C(C)(C)C)C[C@H]2OC[C@]21O[Si](C)(C)C. The van der Waals surface area contributed by atoms with E-state index in [1.807, 2.05) is 0 Å². The molecule has 5 atom stereocenters. The first-order chi connectivity index (χ1) is 13.5. The fraction of sp³-hybridized carbons (Fsp3) is 0.909. The summed E-state index contributed by atoms with van der Waals surface area (Å²) < 4.78 is 24.7. The Balaban J connectivity index is 2.54. The van der Waals surface area contributed by atoms with E-state index in [1.54, 1.807) is 0 Å². The van der Waals surface area contributed by atoms with Gasteiger partial charge < -0.3 is 23.1 Å². The number of hydrogen-bond acceptors (Lipinski definition) is 6. The van der Waals surface area contributed by atoms with Crippen molar-refractivity contribution < 1.29 is 27.9 Å². The van der Waals surface area contributed by atoms with Crippen molar-refractivity contribution in [2.75, 3.05) is 13.7 Å². The van der Waals surface area contributed by atoms with E-state index < -0.39 is 27.7 Å². The third-order valence-corrected chi connectivity index (χ3v) is 12.9. The molecule has 8 heteroatoms. The highest BCUT2D eigenvalue weighted by Crippen LogP contribution is 2.59. The molecule has 6 nitrogen and oxygen atoms in total. The van der Waals surface area contributed by atoms with Crippen LogP contribution in [0.2, 0.25) is 37.8 Å². The Morgan fingerprint density at radius 3 is 2.20 bits per heavy atom. The van der Waals surface area contributed by atoms with Crippen LogP contribution in [0, 0.1) is 11.3 Å². The van der Waals surface area contributed by atoms with Crippen LogP contribution < -0.4 is 0 Å². The van der Waals surface area contributed by atoms with E-state index in [4.69, 9.17) is 18.3 Å². The maximum absolute atomic E-state index is 12.5. The van der Waals surface area contributed by atoms with Crippen molar-refractivity contribution in [1.82, 2.24) is 0 Å². The Kier molecular flexibility index (Phi) is 7.22. The topological polar surface area (TPSA) is 71.1 Å². The molecule has 1 aliphatic heterocycles. The van der Waals surface area contributed by atoms with Gasteiger partial charge in [-0.3, -0.25) is 4.79 Å². The molecule has 1 aliphatic carbocycles. The molecule has 0 aromatic heterocycles. The highest BCUT2D eigenvalue weighted by molar-refractivity contribution is 6.74. The third-order valence-electron chi connectivity index (χ3n) is 7.47. The van der Waals surface area contributed by atoms with Crippen LogP contribution in [0.4, 0.5) is 0 Å². The van der Waals surface area contributed by atoms with Crippen LogP contribution in [-0.4, -0.2) is 60.4 Å². The molecule has 30 heavy (non-hydrogen) atoms. The summed E-state index contributed by atoms with van der Waals surface area (Å²) in [5, 5.41) is 0.0385. The smallest absolute Gasteiger partial charge is 0.305 e. The Labute approximate surface area is 184 Å². The number of ether oxygens (including phenoxy) is 2. The van der Waals surface area contributed by atoms with Gasteiger partial charge in [0, 0.05) is 24.2 Å². The van der Waals surface area contributed by atoms with Crippen LogP contribution in [0.3, 0.4) is 0 Å². The summed E-state index contributed by atoms with van der Waals surface area (Å²) in [6.45, 7) is 20.1. The van der Waals surface area contributed by atoms with Crippen molar-refractivity contribution in [1.29, 1.82) is 0 Å². The fourth-order valence-corrected chi connectivity index (χ4v) is 7.67. The largest absolute Gasteiger partial charge is 0.469 e. The molecule has 0 bridgehead atoms. The minimum absolute atomic E-state index is 0.0385. The Hall–Kier alpha value is -0.546. The molecule has 1 saturated heterocycles. The van der Waals surface area contributed by atoms with Crippen molar-refractivity contribution in [2.24, 2.45) is 11.3 Å². The van der Waals surface area contributed by atoms with Gasteiger partial charge in [-0.1, -0.05) is 27.7 Å². The molecule has 1 heterocycles. The van der Waals surface area contributed by atoms with Gasteiger partial charge in [0.15, 0.2) is 16.6 Å². The van der Waals surface area contributed by atoms with Crippen LogP contribution in [0.25, 0.3) is 0 Å². The molecular formula is C22H42O6Si2. The summed E-state index contributed by atoms with van der Waals surface area (Å²) in [6.07, 6.45) is 1.85. The first kappa shape index (κ1) is 25.7. The van der Waals surface area contributed by atoms with Crippen LogP contribution >= 0.6 is 0 Å². The molecule has 0 unspecified atom stereocenters. The molecule has 0 N–H and O–H groups in total. The molecule has 2 fully saturated rings. The van der Waals surface area contributed by atoms with E-state index >= 15 is 0 Å². The number of carbonyl (C=O) groups is 2. The van der Waals surface area contributed by atoms with Crippen LogP contribution in [-0.2, 0) is 27.9 Å². The Bertz CT molecular complexity index is 653. The molecule has 1 saturated carbocycles. The second-order valence-corrected chi connectivity index (χ2v) is 21.0. The molecule has 0 aromatic carbocycles. The lowest BCUT2D eigenvalue weighted by Crippen LogP contribution is -2.75. The number of rotatable bonds is 8. The Morgan fingerprint density at radius 2 is 1.80 bits per heavy atom. The molecule has 0 aromatic rings. The quantitative estimate of drug-likeness (QED) is 0.302. The summed E-state index contributed by atoms with van der Waals surface area (Å²) in [5.74, 6) is -0.494. The monoisotopic (exact) mass is 458 g/mol. The predicted octanol–water partition coefficient (Wildman–Crippen LogP) is 4.54. The summed E-state index contributed by atoms with van der Waals surface area (Å²) in [6, 6.07) is 0. The van der Waals surface area contributed by atoms with Gasteiger partial charge in [0.2, 0.25) is 0 Å². The second-order valence-electron chi connectivity index (χ2n) is 11.8. The number of aldehydes is 1. The lowest BCUT2D eigenvalue weighted by Gasteiger charge is -2.65. The minimum atomic E-state index is -2.11. The Morgan fingerprint density at radius 1 is 1.20 bits per heavy atom. The summed E-state index contributed by atoms with van der Waals surface area (Å²) >= 11 is 0. The highest BCUT2D eigenvalue weighted by Gasteiger charge is 2.67. The van der Waals surface area contributed by atoms with E-state index in [2.05, 4.69) is 60.4 Å². The van der Waals surface area contributed by atoms with Gasteiger partial charge in [-0.25, -0.2) is 0 Å². The second kappa shape index (κ2) is 8.42. The lowest BCUT2D eigenvalue weighted by molar-refractivity contribution is -0.308. The molecule has 0 spiro atoms. The molecule has 0 radical (unpaired) electrons. The van der Waals surface area contributed by atoms with Crippen LogP contribution in [0.5, 0.6) is 0 Å². The molecule has 2 rings (SSSR count). The number of methoxy groups -OCH3 is 1. The summed E-state index contributed by atoms with van der Waals surface area (Å²) in [5.41, 5.74) is -1.10. The van der Waals surface area contributed by atoms with Gasteiger partial charge in [0.1, 0.15) is 11.9 Å². The standard InChI is InChI=1S/C22H42O6Si2/c1-20(2,3)30(9,10)27-17-14-18-22(15-26-18,28-29(6,7)8)16(13-19(24)25-5)21(17,4)11-12-23/h12,16-18H,11,13-15H2,1-10H3/t16-,17-,18+,21-,22+/m0/s1. The average molecular weight is 459 g/mol. The van der Waals surface area contributed by atoms with Gasteiger partial charge >= 0.3 is 5.97 Å². The summed E-state index contributed by atoms with van der Waals surface area (Å²) in [4.78, 5) is 24.3. The van der Waals surface area contributed by atoms with Gasteiger partial charge in [0.05, 0.1) is 32.3 Å². The zero-order valence-electron chi connectivity index (χ0n) is 20.6. The predicted molar refractivity (Wildman–Crippen MR) is 123 cm³/mol. The van der Waals surface area contributed by atoms with Gasteiger partial charge in [0.25, 0.3) is 0 Å². The normalized spacial score (nSPS) is 34.7. The molecule has 2 aliphatic rings. The van der Waals surface area contributed by atoms with E-state index in [9.17, 15) is 9.59 Å². The van der Waals surface area contributed by atoms with Crippen molar-refractivity contribution in [3.63, 3.8) is 0 Å². The number of fused-ring (bicyclic) bond motifs is 1. The number of esters is 1. The average Bonchev–Trinajstić information content (AvgIpc) is 2.57. The maximum Gasteiger partial charge on any atom is 0.305 e. The molecule has 174 valence electrons. The minimum Gasteiger partial charge on any atom is -0.469 e. The summed E-state index contributed by atoms with van der Waals surface area (Å²) in [7, 11) is -2.64.